The van der Waals surface area contributed by atoms with Gasteiger partial charge in [-0.3, -0.25) is 4.79 Å². The Labute approximate surface area is 119 Å². The highest BCUT2D eigenvalue weighted by Crippen LogP contribution is 2.17. The molecule has 2 unspecified atom stereocenters. The second-order valence-corrected chi connectivity index (χ2v) is 4.88. The monoisotopic (exact) mass is 273 g/mol. The topological polar surface area (TPSA) is 58.6 Å². The van der Waals surface area contributed by atoms with Crippen molar-refractivity contribution in [2.75, 3.05) is 19.8 Å². The van der Waals surface area contributed by atoms with Crippen LogP contribution in [0.4, 0.5) is 0 Å². The van der Waals surface area contributed by atoms with Crippen molar-refractivity contribution in [3.05, 3.63) is 35.4 Å². The molecule has 1 heterocycles. The summed E-state index contributed by atoms with van der Waals surface area (Å²) in [4.78, 5) is 12.0. The van der Waals surface area contributed by atoms with E-state index in [4.69, 9.17) is 9.84 Å². The van der Waals surface area contributed by atoms with E-state index in [1.54, 1.807) is 0 Å². The van der Waals surface area contributed by atoms with E-state index in [-0.39, 0.29) is 24.5 Å². The SMILES string of the molecule is CC(NC(=O)C1CCOC1)c1cccc(C#CCO)c1. The standard InChI is InChI=1S/C16H19NO3/c1-12(17-16(19)15-7-9-20-11-15)14-6-2-4-13(10-14)5-3-8-18/h2,4,6,10,12,15,18H,7-9,11H2,1H3,(H,17,19). The number of aliphatic hydroxyl groups excluding tert-OH is 1. The summed E-state index contributed by atoms with van der Waals surface area (Å²) in [7, 11) is 0. The molecule has 2 N–H and O–H groups in total. The van der Waals surface area contributed by atoms with E-state index in [9.17, 15) is 4.79 Å². The summed E-state index contributed by atoms with van der Waals surface area (Å²) in [5.41, 5.74) is 1.84. The third kappa shape index (κ3) is 3.83. The molecule has 0 aromatic heterocycles. The highest BCUT2D eigenvalue weighted by Gasteiger charge is 2.24. The molecule has 0 bridgehead atoms. The van der Waals surface area contributed by atoms with Crippen LogP contribution in [-0.4, -0.2) is 30.8 Å². The molecular formula is C16H19NO3. The van der Waals surface area contributed by atoms with Crippen molar-refractivity contribution < 1.29 is 14.6 Å². The predicted octanol–water partition coefficient (Wildman–Crippen LogP) is 1.24. The maximum atomic E-state index is 12.0. The van der Waals surface area contributed by atoms with Crippen LogP contribution < -0.4 is 5.32 Å². The number of nitrogens with one attached hydrogen (secondary N) is 1. The van der Waals surface area contributed by atoms with Crippen molar-refractivity contribution in [1.82, 2.24) is 5.32 Å². The van der Waals surface area contributed by atoms with Gasteiger partial charge in [-0.15, -0.1) is 0 Å². The Morgan fingerprint density at radius 3 is 3.15 bits per heavy atom. The molecule has 1 aliphatic heterocycles. The lowest BCUT2D eigenvalue weighted by molar-refractivity contribution is -0.125. The van der Waals surface area contributed by atoms with Crippen molar-refractivity contribution in [2.24, 2.45) is 5.92 Å². The van der Waals surface area contributed by atoms with Gasteiger partial charge in [-0.2, -0.15) is 0 Å². The molecule has 1 aliphatic rings. The maximum Gasteiger partial charge on any atom is 0.225 e. The third-order valence-electron chi connectivity index (χ3n) is 3.36. The van der Waals surface area contributed by atoms with Crippen molar-refractivity contribution in [3.63, 3.8) is 0 Å². The van der Waals surface area contributed by atoms with Gasteiger partial charge in [-0.05, 0) is 31.0 Å². The summed E-state index contributed by atoms with van der Waals surface area (Å²) >= 11 is 0. The van der Waals surface area contributed by atoms with Crippen molar-refractivity contribution >= 4 is 5.91 Å². The number of benzene rings is 1. The van der Waals surface area contributed by atoms with Crippen LogP contribution in [0.25, 0.3) is 0 Å². The van der Waals surface area contributed by atoms with Gasteiger partial charge < -0.3 is 15.2 Å². The molecule has 0 spiro atoms. The van der Waals surface area contributed by atoms with Gasteiger partial charge in [0.05, 0.1) is 18.6 Å². The Morgan fingerprint density at radius 1 is 1.60 bits per heavy atom. The Bertz CT molecular complexity index is 524. The Balaban J connectivity index is 2.01. The van der Waals surface area contributed by atoms with E-state index in [2.05, 4.69) is 17.2 Å². The number of amides is 1. The van der Waals surface area contributed by atoms with E-state index < -0.39 is 0 Å². The van der Waals surface area contributed by atoms with Crippen molar-refractivity contribution in [3.8, 4) is 11.8 Å². The normalized spacial score (nSPS) is 19.0. The zero-order chi connectivity index (χ0) is 14.4. The van der Waals surface area contributed by atoms with Gasteiger partial charge in [-0.1, -0.05) is 24.0 Å². The smallest absolute Gasteiger partial charge is 0.225 e. The Hall–Kier alpha value is -1.83. The van der Waals surface area contributed by atoms with E-state index >= 15 is 0 Å². The minimum atomic E-state index is -0.155. The van der Waals surface area contributed by atoms with Gasteiger partial charge in [0.25, 0.3) is 0 Å². The Morgan fingerprint density at radius 2 is 2.45 bits per heavy atom. The lowest BCUT2D eigenvalue weighted by atomic mass is 10.0. The van der Waals surface area contributed by atoms with E-state index in [0.29, 0.717) is 13.2 Å². The quantitative estimate of drug-likeness (QED) is 0.815. The van der Waals surface area contributed by atoms with E-state index in [1.807, 2.05) is 31.2 Å². The molecule has 1 fully saturated rings. The average Bonchev–Trinajstić information content (AvgIpc) is 2.99. The number of hydrogen-bond acceptors (Lipinski definition) is 3. The molecule has 0 radical (unpaired) electrons. The zero-order valence-electron chi connectivity index (χ0n) is 11.6. The minimum Gasteiger partial charge on any atom is -0.384 e. The van der Waals surface area contributed by atoms with E-state index in [1.165, 1.54) is 0 Å². The van der Waals surface area contributed by atoms with E-state index in [0.717, 1.165) is 17.5 Å². The van der Waals surface area contributed by atoms with Crippen LogP contribution in [0.15, 0.2) is 24.3 Å². The van der Waals surface area contributed by atoms with Crippen LogP contribution in [0.3, 0.4) is 0 Å². The molecule has 20 heavy (non-hydrogen) atoms. The minimum absolute atomic E-state index is 0.0326. The Kier molecular flexibility index (Phi) is 5.16. The largest absolute Gasteiger partial charge is 0.384 e. The van der Waals surface area contributed by atoms with Crippen LogP contribution >= 0.6 is 0 Å². The zero-order valence-corrected chi connectivity index (χ0v) is 11.6. The van der Waals surface area contributed by atoms with Gasteiger partial charge >= 0.3 is 0 Å². The van der Waals surface area contributed by atoms with Gasteiger partial charge in [0, 0.05) is 12.2 Å². The van der Waals surface area contributed by atoms with Crippen molar-refractivity contribution in [1.29, 1.82) is 0 Å². The molecule has 4 nitrogen and oxygen atoms in total. The van der Waals surface area contributed by atoms with Gasteiger partial charge in [0.1, 0.15) is 6.61 Å². The molecule has 0 saturated carbocycles. The highest BCUT2D eigenvalue weighted by molar-refractivity contribution is 5.79. The molecule has 2 rings (SSSR count). The molecule has 4 heteroatoms. The number of carbonyl (C=O) groups excluding carboxylic acids is 1. The molecular weight excluding hydrogens is 254 g/mol. The average molecular weight is 273 g/mol. The first kappa shape index (κ1) is 14.6. The number of aliphatic hydroxyl groups is 1. The summed E-state index contributed by atoms with van der Waals surface area (Å²) in [6.45, 7) is 2.98. The van der Waals surface area contributed by atoms with Crippen LogP contribution in [-0.2, 0) is 9.53 Å². The van der Waals surface area contributed by atoms with Crippen LogP contribution in [0, 0.1) is 17.8 Å². The fourth-order valence-electron chi connectivity index (χ4n) is 2.18. The lowest BCUT2D eigenvalue weighted by Gasteiger charge is -2.17. The first-order chi connectivity index (χ1) is 9.70. The highest BCUT2D eigenvalue weighted by atomic mass is 16.5. The third-order valence-corrected chi connectivity index (χ3v) is 3.36. The second-order valence-electron chi connectivity index (χ2n) is 4.88. The summed E-state index contributed by atoms with van der Waals surface area (Å²) in [5, 5.41) is 11.7. The van der Waals surface area contributed by atoms with Crippen LogP contribution in [0.2, 0.25) is 0 Å². The van der Waals surface area contributed by atoms with Crippen molar-refractivity contribution in [2.45, 2.75) is 19.4 Å². The first-order valence-electron chi connectivity index (χ1n) is 6.78. The number of hydrogen-bond donors (Lipinski definition) is 2. The fraction of sp³-hybridized carbons (Fsp3) is 0.438. The predicted molar refractivity (Wildman–Crippen MR) is 75.9 cm³/mol. The molecule has 2 atom stereocenters. The van der Waals surface area contributed by atoms with Gasteiger partial charge in [0.15, 0.2) is 0 Å². The number of carbonyl (C=O) groups is 1. The molecule has 106 valence electrons. The summed E-state index contributed by atoms with van der Waals surface area (Å²) in [6.07, 6.45) is 0.792. The number of rotatable bonds is 3. The second kappa shape index (κ2) is 7.09. The van der Waals surface area contributed by atoms with Gasteiger partial charge in [-0.25, -0.2) is 0 Å². The maximum absolute atomic E-state index is 12.0. The van der Waals surface area contributed by atoms with Gasteiger partial charge in [0.2, 0.25) is 5.91 Å². The molecule has 1 saturated heterocycles. The summed E-state index contributed by atoms with van der Waals surface area (Å²) in [5.74, 6) is 5.49. The first-order valence-corrected chi connectivity index (χ1v) is 6.78. The molecule has 1 aromatic carbocycles. The molecule has 1 aromatic rings. The molecule has 0 aliphatic carbocycles. The van der Waals surface area contributed by atoms with Crippen LogP contribution in [0.1, 0.15) is 30.5 Å². The summed E-state index contributed by atoms with van der Waals surface area (Å²) in [6, 6.07) is 7.60. The van der Waals surface area contributed by atoms with Crippen LogP contribution in [0.5, 0.6) is 0 Å². The fourth-order valence-corrected chi connectivity index (χ4v) is 2.18. The summed E-state index contributed by atoms with van der Waals surface area (Å²) < 4.78 is 5.23. The number of ether oxygens (including phenoxy) is 1. The lowest BCUT2D eigenvalue weighted by Crippen LogP contribution is -2.33. The molecule has 1 amide bonds.